The van der Waals surface area contributed by atoms with E-state index in [1.54, 1.807) is 8.84 Å². The average Bonchev–Trinajstić information content (AvgIpc) is 2.47. The number of rotatable bonds is 7. The molecule has 0 saturated heterocycles. The van der Waals surface area contributed by atoms with Crippen molar-refractivity contribution in [3.8, 4) is 0 Å². The third kappa shape index (κ3) is 5.51. The molecule has 0 heterocycles. The SMILES string of the molecule is ClN(CCN(Cl)Cc1ccccc1)Cc1ccccc1. The van der Waals surface area contributed by atoms with Gasteiger partial charge in [-0.25, -0.2) is 8.84 Å². The Hall–Kier alpha value is -1.06. The molecular weight excluding hydrogens is 291 g/mol. The number of benzene rings is 2. The topological polar surface area (TPSA) is 6.48 Å². The highest BCUT2D eigenvalue weighted by molar-refractivity contribution is 6.14. The second-order valence-electron chi connectivity index (χ2n) is 4.66. The molecule has 20 heavy (non-hydrogen) atoms. The molecule has 4 heteroatoms. The lowest BCUT2D eigenvalue weighted by Crippen LogP contribution is -2.24. The maximum absolute atomic E-state index is 6.21. The summed E-state index contributed by atoms with van der Waals surface area (Å²) >= 11 is 12.4. The minimum atomic E-state index is 0.715. The Morgan fingerprint density at radius 2 is 0.950 bits per heavy atom. The second kappa shape index (κ2) is 8.28. The minimum absolute atomic E-state index is 0.715. The van der Waals surface area contributed by atoms with Gasteiger partial charge in [0.25, 0.3) is 0 Å². The van der Waals surface area contributed by atoms with Gasteiger partial charge in [-0.15, -0.1) is 0 Å². The molecule has 0 spiro atoms. The predicted molar refractivity (Wildman–Crippen MR) is 85.4 cm³/mol. The number of halogens is 2. The molecule has 2 nitrogen and oxygen atoms in total. The lowest BCUT2D eigenvalue weighted by molar-refractivity contribution is 0.365. The van der Waals surface area contributed by atoms with Gasteiger partial charge in [0.2, 0.25) is 0 Å². The fourth-order valence-corrected chi connectivity index (χ4v) is 2.37. The van der Waals surface area contributed by atoms with Crippen molar-refractivity contribution in [1.82, 2.24) is 8.84 Å². The highest BCUT2D eigenvalue weighted by atomic mass is 35.5. The summed E-state index contributed by atoms with van der Waals surface area (Å²) in [4.78, 5) is 0. The maximum Gasteiger partial charge on any atom is 0.0390 e. The van der Waals surface area contributed by atoms with Gasteiger partial charge < -0.3 is 0 Å². The van der Waals surface area contributed by atoms with Crippen LogP contribution in [0, 0.1) is 0 Å². The first-order valence-electron chi connectivity index (χ1n) is 6.63. The van der Waals surface area contributed by atoms with Crippen LogP contribution in [0.1, 0.15) is 11.1 Å². The highest BCUT2D eigenvalue weighted by Gasteiger charge is 2.06. The van der Waals surface area contributed by atoms with E-state index < -0.39 is 0 Å². The molecule has 106 valence electrons. The first-order chi connectivity index (χ1) is 9.74. The number of hydrogen-bond donors (Lipinski definition) is 0. The van der Waals surface area contributed by atoms with Crippen molar-refractivity contribution in [2.45, 2.75) is 13.1 Å². The molecule has 0 bridgehead atoms. The van der Waals surface area contributed by atoms with Crippen molar-refractivity contribution < 1.29 is 0 Å². The van der Waals surface area contributed by atoms with E-state index in [2.05, 4.69) is 24.3 Å². The lowest BCUT2D eigenvalue weighted by Gasteiger charge is -2.18. The lowest BCUT2D eigenvalue weighted by atomic mass is 10.2. The maximum atomic E-state index is 6.21. The molecule has 0 atom stereocenters. The Morgan fingerprint density at radius 1 is 0.600 bits per heavy atom. The monoisotopic (exact) mass is 308 g/mol. The van der Waals surface area contributed by atoms with E-state index in [0.717, 1.165) is 13.1 Å². The quantitative estimate of drug-likeness (QED) is 0.704. The molecule has 0 saturated carbocycles. The molecule has 0 aromatic heterocycles. The number of hydrogen-bond acceptors (Lipinski definition) is 2. The Labute approximate surface area is 130 Å². The smallest absolute Gasteiger partial charge is 0.0390 e. The van der Waals surface area contributed by atoms with Gasteiger partial charge in [-0.1, -0.05) is 60.7 Å². The van der Waals surface area contributed by atoms with Crippen molar-refractivity contribution >= 4 is 23.6 Å². The molecular formula is C16H18Cl2N2. The van der Waals surface area contributed by atoms with E-state index in [0.29, 0.717) is 13.1 Å². The van der Waals surface area contributed by atoms with Gasteiger partial charge in [-0.05, 0) is 34.7 Å². The molecule has 0 N–H and O–H groups in total. The molecule has 0 aliphatic heterocycles. The van der Waals surface area contributed by atoms with E-state index in [1.165, 1.54) is 11.1 Å². The third-order valence-electron chi connectivity index (χ3n) is 2.98. The van der Waals surface area contributed by atoms with Crippen molar-refractivity contribution in [3.63, 3.8) is 0 Å². The summed E-state index contributed by atoms with van der Waals surface area (Å²) in [7, 11) is 0. The van der Waals surface area contributed by atoms with E-state index in [4.69, 9.17) is 23.6 Å². The van der Waals surface area contributed by atoms with E-state index >= 15 is 0 Å². The normalized spacial score (nSPS) is 11.2. The third-order valence-corrected chi connectivity index (χ3v) is 3.56. The molecule has 0 aliphatic rings. The van der Waals surface area contributed by atoms with Gasteiger partial charge in [-0.2, -0.15) is 0 Å². The zero-order valence-corrected chi connectivity index (χ0v) is 12.8. The Kier molecular flexibility index (Phi) is 6.34. The van der Waals surface area contributed by atoms with Crippen LogP contribution >= 0.6 is 23.6 Å². The van der Waals surface area contributed by atoms with Crippen molar-refractivity contribution in [2.24, 2.45) is 0 Å². The molecule has 0 amide bonds. The van der Waals surface area contributed by atoms with Crippen LogP contribution in [0.4, 0.5) is 0 Å². The molecule has 2 aromatic carbocycles. The number of nitrogens with zero attached hydrogens (tertiary/aromatic N) is 2. The van der Waals surface area contributed by atoms with Gasteiger partial charge in [-0.3, -0.25) is 0 Å². The van der Waals surface area contributed by atoms with Crippen LogP contribution in [0.25, 0.3) is 0 Å². The molecule has 0 radical (unpaired) electrons. The van der Waals surface area contributed by atoms with Crippen LogP contribution in [0.15, 0.2) is 60.7 Å². The summed E-state index contributed by atoms with van der Waals surface area (Å²) in [6.07, 6.45) is 0. The van der Waals surface area contributed by atoms with Crippen molar-refractivity contribution in [3.05, 3.63) is 71.8 Å². The predicted octanol–water partition coefficient (Wildman–Crippen LogP) is 4.30. The summed E-state index contributed by atoms with van der Waals surface area (Å²) in [6, 6.07) is 20.3. The van der Waals surface area contributed by atoms with Crippen LogP contribution < -0.4 is 0 Å². The summed E-state index contributed by atoms with van der Waals surface area (Å²) in [5, 5.41) is 0. The molecule has 2 aromatic rings. The summed E-state index contributed by atoms with van der Waals surface area (Å²) in [5.41, 5.74) is 2.40. The second-order valence-corrected chi connectivity index (χ2v) is 5.62. The Balaban J connectivity index is 1.71. The van der Waals surface area contributed by atoms with Crippen molar-refractivity contribution in [2.75, 3.05) is 13.1 Å². The van der Waals surface area contributed by atoms with Crippen LogP contribution in [-0.4, -0.2) is 21.9 Å². The highest BCUT2D eigenvalue weighted by Crippen LogP contribution is 2.09. The fourth-order valence-electron chi connectivity index (χ4n) is 1.94. The van der Waals surface area contributed by atoms with Gasteiger partial charge in [0.05, 0.1) is 0 Å². The van der Waals surface area contributed by atoms with Gasteiger partial charge in [0, 0.05) is 26.2 Å². The minimum Gasteiger partial charge on any atom is -0.214 e. The van der Waals surface area contributed by atoms with Crippen LogP contribution in [0.5, 0.6) is 0 Å². The van der Waals surface area contributed by atoms with Crippen LogP contribution in [0.2, 0.25) is 0 Å². The average molecular weight is 309 g/mol. The summed E-state index contributed by atoms with van der Waals surface area (Å²) in [6.45, 7) is 2.87. The van der Waals surface area contributed by atoms with Gasteiger partial charge in [0.15, 0.2) is 0 Å². The standard InChI is InChI=1S/C16H18Cl2N2/c17-19(13-15-7-3-1-4-8-15)11-12-20(18)14-16-9-5-2-6-10-16/h1-10H,11-14H2. The first-order valence-corrected chi connectivity index (χ1v) is 7.31. The summed E-state index contributed by atoms with van der Waals surface area (Å²) in [5.74, 6) is 0. The van der Waals surface area contributed by atoms with Crippen molar-refractivity contribution in [1.29, 1.82) is 0 Å². The fraction of sp³-hybridized carbons (Fsp3) is 0.250. The largest absolute Gasteiger partial charge is 0.214 e. The van der Waals surface area contributed by atoms with E-state index in [9.17, 15) is 0 Å². The molecule has 0 fully saturated rings. The van der Waals surface area contributed by atoms with Gasteiger partial charge in [0.1, 0.15) is 0 Å². The van der Waals surface area contributed by atoms with Crippen LogP contribution in [-0.2, 0) is 13.1 Å². The molecule has 2 rings (SSSR count). The van der Waals surface area contributed by atoms with E-state index in [-0.39, 0.29) is 0 Å². The van der Waals surface area contributed by atoms with Gasteiger partial charge >= 0.3 is 0 Å². The first kappa shape index (κ1) is 15.3. The zero-order chi connectivity index (χ0) is 14.2. The Bertz CT molecular complexity index is 443. The summed E-state index contributed by atoms with van der Waals surface area (Å²) < 4.78 is 3.52. The van der Waals surface area contributed by atoms with E-state index in [1.807, 2.05) is 36.4 Å². The Morgan fingerprint density at radius 3 is 1.30 bits per heavy atom. The zero-order valence-electron chi connectivity index (χ0n) is 11.3. The molecule has 0 aliphatic carbocycles. The molecule has 0 unspecified atom stereocenters. The van der Waals surface area contributed by atoms with Crippen LogP contribution in [0.3, 0.4) is 0 Å².